The number of benzene rings is 3. The Morgan fingerprint density at radius 2 is 1.39 bits per heavy atom. The van der Waals surface area contributed by atoms with Gasteiger partial charge in [0.15, 0.2) is 17.5 Å². The van der Waals surface area contributed by atoms with Crippen LogP contribution in [0.4, 0.5) is 43.9 Å². The summed E-state index contributed by atoms with van der Waals surface area (Å²) in [6.07, 6.45) is -0.641. The third-order valence-electron chi connectivity index (χ3n) is 6.27. The Bertz CT molecular complexity index is 1770. The Kier molecular flexibility index (Phi) is 9.59. The molecule has 4 rings (SSSR count). The highest BCUT2D eigenvalue weighted by atomic mass is 19.3. The summed E-state index contributed by atoms with van der Waals surface area (Å²) in [5.74, 6) is -3.85. The second-order valence-electron chi connectivity index (χ2n) is 9.45. The molecule has 226 valence electrons. The van der Waals surface area contributed by atoms with Gasteiger partial charge in [-0.2, -0.15) is 8.78 Å². The van der Waals surface area contributed by atoms with Crippen LogP contribution in [0.3, 0.4) is 0 Å². The monoisotopic (exact) mass is 620 g/mol. The Hall–Kier alpha value is -4.90. The zero-order valence-corrected chi connectivity index (χ0v) is 22.3. The second-order valence-corrected chi connectivity index (χ2v) is 9.45. The molecule has 3 aromatic carbocycles. The summed E-state index contributed by atoms with van der Waals surface area (Å²) < 4.78 is 145. The van der Waals surface area contributed by atoms with Crippen molar-refractivity contribution < 1.29 is 48.6 Å². The van der Waals surface area contributed by atoms with Crippen LogP contribution in [0, 0.1) is 64.5 Å². The predicted molar refractivity (Wildman–Crippen MR) is 141 cm³/mol. The van der Waals surface area contributed by atoms with Crippen LogP contribution in [0.2, 0.25) is 0 Å². The number of halogens is 10. The van der Waals surface area contributed by atoms with E-state index in [1.807, 2.05) is 0 Å². The van der Waals surface area contributed by atoms with Crippen molar-refractivity contribution in [2.24, 2.45) is 5.92 Å². The van der Waals surface area contributed by atoms with Crippen LogP contribution < -0.4 is 4.74 Å². The molecule has 1 unspecified atom stereocenters. The van der Waals surface area contributed by atoms with Crippen molar-refractivity contribution in [2.75, 3.05) is 0 Å². The van der Waals surface area contributed by atoms with Crippen LogP contribution in [0.5, 0.6) is 5.75 Å². The zero-order valence-electron chi connectivity index (χ0n) is 22.3. The van der Waals surface area contributed by atoms with Crippen molar-refractivity contribution in [1.29, 1.82) is 0 Å². The van der Waals surface area contributed by atoms with E-state index >= 15 is 0 Å². The quantitative estimate of drug-likeness (QED) is 0.116. The first-order valence-electron chi connectivity index (χ1n) is 12.7. The number of alkyl halides is 2. The molecule has 0 N–H and O–H groups in total. The van der Waals surface area contributed by atoms with E-state index in [0.29, 0.717) is 25.0 Å². The first-order chi connectivity index (χ1) is 20.8. The van der Waals surface area contributed by atoms with Gasteiger partial charge in [0.2, 0.25) is 0 Å². The van der Waals surface area contributed by atoms with Gasteiger partial charge < -0.3 is 4.74 Å². The summed E-state index contributed by atoms with van der Waals surface area (Å²) in [5, 5.41) is 0. The van der Waals surface area contributed by atoms with Gasteiger partial charge in [-0.3, -0.25) is 0 Å². The second kappa shape index (κ2) is 13.2. The summed E-state index contributed by atoms with van der Waals surface area (Å²) in [5.41, 5.74) is -3.24. The Morgan fingerprint density at radius 3 is 1.98 bits per heavy atom. The summed E-state index contributed by atoms with van der Waals surface area (Å²) >= 11 is 0. The topological polar surface area (TPSA) is 9.23 Å². The molecule has 0 heterocycles. The molecular formula is C33H18F10O. The van der Waals surface area contributed by atoms with Crippen molar-refractivity contribution >= 4 is 0 Å². The van der Waals surface area contributed by atoms with Crippen LogP contribution in [-0.2, 0) is 6.11 Å². The minimum atomic E-state index is -4.47. The molecule has 0 saturated heterocycles. The van der Waals surface area contributed by atoms with Gasteiger partial charge >= 0.3 is 6.11 Å². The highest BCUT2D eigenvalue weighted by Gasteiger charge is 2.38. The number of ether oxygens (including phenoxy) is 1. The van der Waals surface area contributed by atoms with Crippen molar-refractivity contribution in [3.63, 3.8) is 0 Å². The molecule has 0 spiro atoms. The van der Waals surface area contributed by atoms with Crippen molar-refractivity contribution in [2.45, 2.75) is 25.4 Å². The molecule has 0 radical (unpaired) electrons. The van der Waals surface area contributed by atoms with Gasteiger partial charge in [-0.15, -0.1) is 6.58 Å². The van der Waals surface area contributed by atoms with Gasteiger partial charge in [0.1, 0.15) is 40.4 Å². The third kappa shape index (κ3) is 7.35. The standard InChI is InChI=1S/C33H18F10O/c1-2-3-4-19-12-25(34)23(26(35)13-19)9-6-20-14-27(36)22(28(37)15-20)8-5-18-7-10-24(29(38)11-18)33(42,43)44-21-16-30(39)32(41)31(40)17-21/h2,7,10-12,14-17,19H,1,3-4,13H2. The van der Waals surface area contributed by atoms with Gasteiger partial charge in [0, 0.05) is 29.7 Å². The summed E-state index contributed by atoms with van der Waals surface area (Å²) in [6, 6.07) is 3.70. The van der Waals surface area contributed by atoms with Crippen LogP contribution in [0.15, 0.2) is 78.4 Å². The minimum Gasteiger partial charge on any atom is -0.429 e. The van der Waals surface area contributed by atoms with Gasteiger partial charge in [-0.05, 0) is 55.2 Å². The molecule has 0 saturated carbocycles. The average molecular weight is 620 g/mol. The molecule has 1 nitrogen and oxygen atoms in total. The van der Waals surface area contributed by atoms with E-state index in [1.165, 1.54) is 6.08 Å². The minimum absolute atomic E-state index is 0.0804. The SMILES string of the molecule is C=CCCC1C=C(F)C(C#Cc2cc(F)c(C#Cc3ccc(C(F)(F)Oc4cc(F)c(F)c(F)c4)c(F)c3)c(F)c2)=C(F)C1. The molecule has 44 heavy (non-hydrogen) atoms. The number of hydrogen-bond acceptors (Lipinski definition) is 1. The van der Waals surface area contributed by atoms with E-state index in [1.54, 1.807) is 6.08 Å². The van der Waals surface area contributed by atoms with E-state index in [0.717, 1.165) is 18.2 Å². The molecule has 0 amide bonds. The maximum Gasteiger partial charge on any atom is 0.429 e. The van der Waals surface area contributed by atoms with Crippen LogP contribution in [0.25, 0.3) is 0 Å². The Morgan fingerprint density at radius 1 is 0.773 bits per heavy atom. The smallest absolute Gasteiger partial charge is 0.429 e. The molecular weight excluding hydrogens is 602 g/mol. The zero-order chi connectivity index (χ0) is 32.2. The summed E-state index contributed by atoms with van der Waals surface area (Å²) in [7, 11) is 0. The largest absolute Gasteiger partial charge is 0.429 e. The van der Waals surface area contributed by atoms with E-state index in [9.17, 15) is 43.9 Å². The van der Waals surface area contributed by atoms with Crippen molar-refractivity contribution in [3.05, 3.63) is 136 Å². The maximum absolute atomic E-state index is 14.6. The lowest BCUT2D eigenvalue weighted by molar-refractivity contribution is -0.187. The summed E-state index contributed by atoms with van der Waals surface area (Å²) in [6.45, 7) is 3.56. The molecule has 0 bridgehead atoms. The molecule has 0 aromatic heterocycles. The van der Waals surface area contributed by atoms with Crippen molar-refractivity contribution in [3.8, 4) is 29.4 Å². The predicted octanol–water partition coefficient (Wildman–Crippen LogP) is 9.46. The van der Waals surface area contributed by atoms with E-state index in [2.05, 4.69) is 35.0 Å². The lowest BCUT2D eigenvalue weighted by atomic mass is 9.91. The van der Waals surface area contributed by atoms with E-state index in [-0.39, 0.29) is 35.6 Å². The normalized spacial score (nSPS) is 14.7. The van der Waals surface area contributed by atoms with E-state index < -0.39 is 75.1 Å². The molecule has 1 aliphatic carbocycles. The molecule has 1 atom stereocenters. The highest BCUT2D eigenvalue weighted by molar-refractivity contribution is 5.53. The van der Waals surface area contributed by atoms with Crippen LogP contribution in [-0.4, -0.2) is 0 Å². The maximum atomic E-state index is 14.6. The van der Waals surface area contributed by atoms with Gasteiger partial charge in [-0.1, -0.05) is 29.8 Å². The van der Waals surface area contributed by atoms with E-state index in [4.69, 9.17) is 0 Å². The van der Waals surface area contributed by atoms with Crippen molar-refractivity contribution in [1.82, 2.24) is 0 Å². The molecule has 3 aromatic rings. The molecule has 0 fully saturated rings. The lowest BCUT2D eigenvalue weighted by Crippen LogP contribution is -2.23. The fourth-order valence-electron chi connectivity index (χ4n) is 4.11. The molecule has 11 heteroatoms. The van der Waals surface area contributed by atoms with Gasteiger partial charge in [0.25, 0.3) is 0 Å². The summed E-state index contributed by atoms with van der Waals surface area (Å²) in [4.78, 5) is 0. The third-order valence-corrected chi connectivity index (χ3v) is 6.27. The Balaban J connectivity index is 1.52. The number of rotatable bonds is 6. The lowest BCUT2D eigenvalue weighted by Gasteiger charge is -2.19. The van der Waals surface area contributed by atoms with Crippen LogP contribution in [0.1, 0.15) is 41.5 Å². The Labute approximate surface area is 245 Å². The molecule has 0 aliphatic heterocycles. The first kappa shape index (κ1) is 32.0. The first-order valence-corrected chi connectivity index (χ1v) is 12.7. The average Bonchev–Trinajstić information content (AvgIpc) is 2.93. The number of allylic oxidation sites excluding steroid dienone is 5. The highest BCUT2D eigenvalue weighted by Crippen LogP contribution is 2.35. The van der Waals surface area contributed by atoms with Gasteiger partial charge in [0.05, 0.1) is 11.1 Å². The number of hydrogen-bond donors (Lipinski definition) is 0. The van der Waals surface area contributed by atoms with Crippen LogP contribution >= 0.6 is 0 Å². The fraction of sp³-hybridized carbons (Fsp3) is 0.152. The van der Waals surface area contributed by atoms with Gasteiger partial charge in [-0.25, -0.2) is 35.1 Å². The fourth-order valence-corrected chi connectivity index (χ4v) is 4.11. The molecule has 1 aliphatic rings.